The number of nitrogens with one attached hydrogen (secondary N) is 1. The minimum absolute atomic E-state index is 0. The third kappa shape index (κ3) is 6.54. The zero-order chi connectivity index (χ0) is 19.8. The van der Waals surface area contributed by atoms with Crippen molar-refractivity contribution in [1.29, 1.82) is 0 Å². The normalized spacial score (nSPS) is 14.6. The summed E-state index contributed by atoms with van der Waals surface area (Å²) in [5, 5.41) is 3.42. The Morgan fingerprint density at radius 1 is 1.00 bits per heavy atom. The van der Waals surface area contributed by atoms with E-state index in [9.17, 15) is 0 Å². The Kier molecular flexibility index (Phi) is 11.7. The van der Waals surface area contributed by atoms with Crippen molar-refractivity contribution in [2.24, 2.45) is 0 Å². The van der Waals surface area contributed by atoms with Gasteiger partial charge >= 0.3 is 0 Å². The van der Waals surface area contributed by atoms with Gasteiger partial charge in [0.05, 0.1) is 14.2 Å². The number of hydrogen-bond acceptors (Lipinski definition) is 5. The Labute approximate surface area is 192 Å². The van der Waals surface area contributed by atoms with Crippen LogP contribution >= 0.6 is 24.8 Å². The molecule has 1 N–H and O–H groups in total. The number of halogens is 2. The van der Waals surface area contributed by atoms with Crippen LogP contribution in [0.2, 0.25) is 0 Å². The number of piperazine rings is 1. The lowest BCUT2D eigenvalue weighted by molar-refractivity contribution is 0.169. The van der Waals surface area contributed by atoms with Crippen LogP contribution in [-0.4, -0.2) is 45.3 Å². The molecule has 1 aliphatic heterocycles. The number of rotatable bonds is 9. The zero-order valence-electron chi connectivity index (χ0n) is 17.6. The molecule has 1 aliphatic rings. The molecular formula is C23H32Cl2N2O3. The first-order chi connectivity index (χ1) is 13.8. The monoisotopic (exact) mass is 454 g/mol. The predicted molar refractivity (Wildman–Crippen MR) is 127 cm³/mol. The van der Waals surface area contributed by atoms with Crippen LogP contribution < -0.4 is 19.5 Å². The van der Waals surface area contributed by atoms with Gasteiger partial charge in [0.1, 0.15) is 12.4 Å². The van der Waals surface area contributed by atoms with Gasteiger partial charge in [0.15, 0.2) is 11.5 Å². The Balaban J connectivity index is 0.00000225. The summed E-state index contributed by atoms with van der Waals surface area (Å²) >= 11 is 0. The van der Waals surface area contributed by atoms with Gasteiger partial charge in [-0.25, -0.2) is 0 Å². The van der Waals surface area contributed by atoms with Gasteiger partial charge in [0, 0.05) is 43.9 Å². The molecular weight excluding hydrogens is 423 g/mol. The molecule has 0 unspecified atom stereocenters. The van der Waals surface area contributed by atoms with Crippen LogP contribution in [0.3, 0.4) is 0 Å². The number of nitrogens with zero attached hydrogens (tertiary/aromatic N) is 1. The summed E-state index contributed by atoms with van der Waals surface area (Å²) in [6.07, 6.45) is 2.82. The Morgan fingerprint density at radius 3 is 2.23 bits per heavy atom. The van der Waals surface area contributed by atoms with Crippen molar-refractivity contribution in [2.45, 2.75) is 19.1 Å². The van der Waals surface area contributed by atoms with Gasteiger partial charge < -0.3 is 19.5 Å². The Bertz CT molecular complexity index is 769. The smallest absolute Gasteiger partial charge is 0.164 e. The average Bonchev–Trinajstić information content (AvgIpc) is 2.77. The maximum Gasteiger partial charge on any atom is 0.164 e. The van der Waals surface area contributed by atoms with Crippen molar-refractivity contribution in [3.8, 4) is 17.2 Å². The lowest BCUT2D eigenvalue weighted by Gasteiger charge is -2.35. The van der Waals surface area contributed by atoms with E-state index >= 15 is 0 Å². The Hall–Kier alpha value is -1.92. The molecule has 2 aromatic rings. The van der Waals surface area contributed by atoms with Gasteiger partial charge in [-0.05, 0) is 18.1 Å². The number of benzene rings is 2. The molecule has 30 heavy (non-hydrogen) atoms. The van der Waals surface area contributed by atoms with Crippen LogP contribution in [0.1, 0.15) is 23.6 Å². The second-order valence-corrected chi connectivity index (χ2v) is 6.85. The van der Waals surface area contributed by atoms with Crippen molar-refractivity contribution in [1.82, 2.24) is 10.2 Å². The van der Waals surface area contributed by atoms with Gasteiger partial charge in [-0.1, -0.05) is 36.4 Å². The fourth-order valence-electron chi connectivity index (χ4n) is 3.62. The highest BCUT2D eigenvalue weighted by atomic mass is 35.5. The van der Waals surface area contributed by atoms with Crippen molar-refractivity contribution in [2.75, 3.05) is 40.4 Å². The second kappa shape index (κ2) is 13.4. The van der Waals surface area contributed by atoms with Crippen molar-refractivity contribution < 1.29 is 14.2 Å². The molecule has 0 spiro atoms. The summed E-state index contributed by atoms with van der Waals surface area (Å²) in [7, 11) is 3.31. The third-order valence-electron chi connectivity index (χ3n) is 5.09. The summed E-state index contributed by atoms with van der Waals surface area (Å²) in [6.45, 7) is 8.44. The summed E-state index contributed by atoms with van der Waals surface area (Å²) in [4.78, 5) is 2.48. The topological polar surface area (TPSA) is 43.0 Å². The molecule has 1 fully saturated rings. The quantitative estimate of drug-likeness (QED) is 0.558. The summed E-state index contributed by atoms with van der Waals surface area (Å²) in [5.41, 5.74) is 2.24. The first-order valence-corrected chi connectivity index (χ1v) is 9.75. The van der Waals surface area contributed by atoms with Crippen LogP contribution in [0, 0.1) is 0 Å². The number of ether oxygens (including phenoxy) is 3. The second-order valence-electron chi connectivity index (χ2n) is 6.85. The van der Waals surface area contributed by atoms with Gasteiger partial charge in [0.2, 0.25) is 0 Å². The van der Waals surface area contributed by atoms with Crippen LogP contribution in [0.5, 0.6) is 17.2 Å². The number of hydrogen-bond donors (Lipinski definition) is 1. The number of methoxy groups -OCH3 is 2. The van der Waals surface area contributed by atoms with E-state index in [4.69, 9.17) is 14.2 Å². The zero-order valence-corrected chi connectivity index (χ0v) is 19.3. The first-order valence-electron chi connectivity index (χ1n) is 9.75. The predicted octanol–water partition coefficient (Wildman–Crippen LogP) is 4.65. The van der Waals surface area contributed by atoms with E-state index in [1.165, 1.54) is 0 Å². The molecule has 1 atom stereocenters. The molecule has 0 saturated carbocycles. The SMILES string of the molecule is C=CC[C@H](c1cc(OC)c(OC)cc1OCc1ccccc1)N1CCNCC1.Cl.Cl. The molecule has 0 radical (unpaired) electrons. The molecule has 166 valence electrons. The van der Waals surface area contributed by atoms with E-state index in [1.54, 1.807) is 14.2 Å². The highest BCUT2D eigenvalue weighted by Gasteiger charge is 2.26. The minimum atomic E-state index is 0. The highest BCUT2D eigenvalue weighted by molar-refractivity contribution is 5.85. The molecule has 1 saturated heterocycles. The van der Waals surface area contributed by atoms with E-state index in [2.05, 4.69) is 35.0 Å². The van der Waals surface area contributed by atoms with E-state index in [-0.39, 0.29) is 30.9 Å². The van der Waals surface area contributed by atoms with E-state index in [0.29, 0.717) is 18.1 Å². The van der Waals surface area contributed by atoms with E-state index in [0.717, 1.165) is 49.5 Å². The van der Waals surface area contributed by atoms with Crippen LogP contribution in [0.25, 0.3) is 0 Å². The van der Waals surface area contributed by atoms with Crippen LogP contribution in [0.15, 0.2) is 55.1 Å². The molecule has 0 amide bonds. The molecule has 0 aliphatic carbocycles. The molecule has 7 heteroatoms. The van der Waals surface area contributed by atoms with Gasteiger partial charge in [0.25, 0.3) is 0 Å². The largest absolute Gasteiger partial charge is 0.493 e. The van der Waals surface area contributed by atoms with Crippen LogP contribution in [0.4, 0.5) is 0 Å². The summed E-state index contributed by atoms with van der Waals surface area (Å²) in [5.74, 6) is 2.22. The molecule has 0 aromatic heterocycles. The maximum atomic E-state index is 6.27. The molecule has 3 rings (SSSR count). The molecule has 0 bridgehead atoms. The maximum absolute atomic E-state index is 6.27. The highest BCUT2D eigenvalue weighted by Crippen LogP contribution is 2.41. The van der Waals surface area contributed by atoms with Gasteiger partial charge in [-0.3, -0.25) is 4.90 Å². The van der Waals surface area contributed by atoms with Crippen molar-refractivity contribution in [3.05, 3.63) is 66.2 Å². The van der Waals surface area contributed by atoms with Crippen molar-refractivity contribution in [3.63, 3.8) is 0 Å². The minimum Gasteiger partial charge on any atom is -0.493 e. The lowest BCUT2D eigenvalue weighted by Crippen LogP contribution is -2.45. The van der Waals surface area contributed by atoms with E-state index < -0.39 is 0 Å². The lowest BCUT2D eigenvalue weighted by atomic mass is 9.99. The molecule has 1 heterocycles. The summed E-state index contributed by atoms with van der Waals surface area (Å²) in [6, 6.07) is 14.4. The average molecular weight is 455 g/mol. The van der Waals surface area contributed by atoms with Gasteiger partial charge in [-0.15, -0.1) is 31.4 Å². The van der Waals surface area contributed by atoms with Gasteiger partial charge in [-0.2, -0.15) is 0 Å². The Morgan fingerprint density at radius 2 is 1.63 bits per heavy atom. The van der Waals surface area contributed by atoms with E-state index in [1.807, 2.05) is 30.3 Å². The first kappa shape index (κ1) is 26.1. The van der Waals surface area contributed by atoms with Crippen molar-refractivity contribution >= 4 is 24.8 Å². The molecule has 5 nitrogen and oxygen atoms in total. The van der Waals surface area contributed by atoms with Crippen LogP contribution in [-0.2, 0) is 6.61 Å². The fraction of sp³-hybridized carbons (Fsp3) is 0.391. The standard InChI is InChI=1S/C23H30N2O3.2ClH/c1-4-8-20(25-13-11-24-12-14-25)19-15-22(26-2)23(27-3)16-21(19)28-17-18-9-6-5-7-10-18;;/h4-7,9-10,15-16,20,24H,1,8,11-14,17H2,2-3H3;2*1H/t20-;;/m1../s1. The fourth-order valence-corrected chi connectivity index (χ4v) is 3.62. The summed E-state index contributed by atoms with van der Waals surface area (Å²) < 4.78 is 17.4. The molecule has 2 aromatic carbocycles. The third-order valence-corrected chi connectivity index (χ3v) is 5.09.